The van der Waals surface area contributed by atoms with Crippen molar-refractivity contribution in [3.05, 3.63) is 30.1 Å². The van der Waals surface area contributed by atoms with E-state index >= 15 is 0 Å². The molecule has 2 aliphatic rings. The minimum Gasteiger partial charge on any atom is -0.369 e. The Kier molecular flexibility index (Phi) is 5.16. The molecular formula is C18H26FN3O. The molecule has 126 valence electrons. The minimum absolute atomic E-state index is 0.185. The Morgan fingerprint density at radius 2 is 1.83 bits per heavy atom. The summed E-state index contributed by atoms with van der Waals surface area (Å²) in [6.07, 6.45) is 2.89. The first-order valence-corrected chi connectivity index (χ1v) is 8.69. The van der Waals surface area contributed by atoms with E-state index in [0.717, 1.165) is 51.4 Å². The smallest absolute Gasteiger partial charge is 0.222 e. The number of piperidine rings is 1. The molecule has 0 spiro atoms. The standard InChI is InChI=1S/C18H26FN3O/c1-2-18(23)22-9-3-4-17(14-22)21-12-10-20(11-13-21)16-7-5-15(19)6-8-16/h5-8,17H,2-4,9-14H2,1H3/t17-/m1/s1. The van der Waals surface area contributed by atoms with Gasteiger partial charge in [-0.1, -0.05) is 6.92 Å². The first-order chi connectivity index (χ1) is 11.2. The van der Waals surface area contributed by atoms with Gasteiger partial charge in [-0.15, -0.1) is 0 Å². The van der Waals surface area contributed by atoms with Crippen LogP contribution >= 0.6 is 0 Å². The molecule has 1 aromatic carbocycles. The molecule has 5 heteroatoms. The van der Waals surface area contributed by atoms with Crippen LogP contribution in [0.3, 0.4) is 0 Å². The van der Waals surface area contributed by atoms with E-state index in [1.54, 1.807) is 0 Å². The van der Waals surface area contributed by atoms with Gasteiger partial charge >= 0.3 is 0 Å². The Bertz CT molecular complexity index is 526. The summed E-state index contributed by atoms with van der Waals surface area (Å²) in [6.45, 7) is 7.68. The molecule has 4 nitrogen and oxygen atoms in total. The van der Waals surface area contributed by atoms with Gasteiger partial charge in [0.1, 0.15) is 5.82 Å². The van der Waals surface area contributed by atoms with Crippen molar-refractivity contribution in [2.75, 3.05) is 44.2 Å². The normalized spacial score (nSPS) is 23.1. The van der Waals surface area contributed by atoms with Gasteiger partial charge in [0, 0.05) is 57.4 Å². The van der Waals surface area contributed by atoms with Crippen LogP contribution in [0.15, 0.2) is 24.3 Å². The highest BCUT2D eigenvalue weighted by Gasteiger charge is 2.29. The zero-order valence-electron chi connectivity index (χ0n) is 13.9. The number of amides is 1. The summed E-state index contributed by atoms with van der Waals surface area (Å²) >= 11 is 0. The second-order valence-corrected chi connectivity index (χ2v) is 6.49. The molecule has 0 N–H and O–H groups in total. The van der Waals surface area contributed by atoms with Gasteiger partial charge in [-0.25, -0.2) is 4.39 Å². The fourth-order valence-corrected chi connectivity index (χ4v) is 3.70. The highest BCUT2D eigenvalue weighted by molar-refractivity contribution is 5.75. The lowest BCUT2D eigenvalue weighted by molar-refractivity contribution is -0.133. The van der Waals surface area contributed by atoms with Crippen molar-refractivity contribution in [2.24, 2.45) is 0 Å². The lowest BCUT2D eigenvalue weighted by Crippen LogP contribution is -2.55. The van der Waals surface area contributed by atoms with Crippen LogP contribution in [0.25, 0.3) is 0 Å². The average molecular weight is 319 g/mol. The van der Waals surface area contributed by atoms with Crippen LogP contribution in [0.2, 0.25) is 0 Å². The fourth-order valence-electron chi connectivity index (χ4n) is 3.70. The molecule has 1 atom stereocenters. The van der Waals surface area contributed by atoms with E-state index < -0.39 is 0 Å². The molecule has 2 aliphatic heterocycles. The summed E-state index contributed by atoms with van der Waals surface area (Å²) in [5, 5.41) is 0. The van der Waals surface area contributed by atoms with Crippen molar-refractivity contribution < 1.29 is 9.18 Å². The van der Waals surface area contributed by atoms with Crippen LogP contribution in [-0.4, -0.2) is 61.0 Å². The number of likely N-dealkylation sites (tertiary alicyclic amines) is 1. The van der Waals surface area contributed by atoms with Crippen molar-refractivity contribution in [1.82, 2.24) is 9.80 Å². The maximum absolute atomic E-state index is 13.0. The van der Waals surface area contributed by atoms with Gasteiger partial charge in [0.05, 0.1) is 0 Å². The van der Waals surface area contributed by atoms with Gasteiger partial charge in [0.15, 0.2) is 0 Å². The molecule has 2 saturated heterocycles. The Morgan fingerprint density at radius 1 is 1.13 bits per heavy atom. The Hall–Kier alpha value is -1.62. The zero-order valence-corrected chi connectivity index (χ0v) is 13.9. The van der Waals surface area contributed by atoms with Gasteiger partial charge < -0.3 is 9.80 Å². The molecule has 2 heterocycles. The van der Waals surface area contributed by atoms with Crippen LogP contribution in [0.1, 0.15) is 26.2 Å². The molecule has 0 radical (unpaired) electrons. The van der Waals surface area contributed by atoms with Crippen LogP contribution in [-0.2, 0) is 4.79 Å². The monoisotopic (exact) mass is 319 g/mol. The Labute approximate surface area is 137 Å². The van der Waals surface area contributed by atoms with Crippen molar-refractivity contribution in [3.8, 4) is 0 Å². The molecule has 2 fully saturated rings. The first kappa shape index (κ1) is 16.2. The summed E-state index contributed by atoms with van der Waals surface area (Å²) in [5.74, 6) is 0.0925. The van der Waals surface area contributed by atoms with E-state index in [-0.39, 0.29) is 11.7 Å². The third kappa shape index (κ3) is 3.83. The number of hydrogen-bond donors (Lipinski definition) is 0. The maximum atomic E-state index is 13.0. The number of carbonyl (C=O) groups excluding carboxylic acids is 1. The van der Waals surface area contributed by atoms with Crippen LogP contribution < -0.4 is 4.90 Å². The minimum atomic E-state index is -0.185. The molecule has 3 rings (SSSR count). The van der Waals surface area contributed by atoms with E-state index in [9.17, 15) is 9.18 Å². The highest BCUT2D eigenvalue weighted by atomic mass is 19.1. The first-order valence-electron chi connectivity index (χ1n) is 8.69. The van der Waals surface area contributed by atoms with Crippen molar-refractivity contribution >= 4 is 11.6 Å². The lowest BCUT2D eigenvalue weighted by atomic mass is 10.0. The number of rotatable bonds is 3. The van der Waals surface area contributed by atoms with E-state index in [1.165, 1.54) is 18.6 Å². The molecule has 23 heavy (non-hydrogen) atoms. The lowest BCUT2D eigenvalue weighted by Gasteiger charge is -2.44. The van der Waals surface area contributed by atoms with Crippen LogP contribution in [0.4, 0.5) is 10.1 Å². The fraction of sp³-hybridized carbons (Fsp3) is 0.611. The third-order valence-corrected chi connectivity index (χ3v) is 5.07. The van der Waals surface area contributed by atoms with Gasteiger partial charge in [0.2, 0.25) is 5.91 Å². The summed E-state index contributed by atoms with van der Waals surface area (Å²) in [7, 11) is 0. The number of benzene rings is 1. The molecule has 1 amide bonds. The SMILES string of the molecule is CCC(=O)N1CCC[C@@H](N2CCN(c3ccc(F)cc3)CC2)C1. The molecule has 0 unspecified atom stereocenters. The number of nitrogens with zero attached hydrogens (tertiary/aromatic N) is 3. The number of halogens is 1. The average Bonchev–Trinajstić information content (AvgIpc) is 2.62. The van der Waals surface area contributed by atoms with E-state index in [4.69, 9.17) is 0 Å². The Balaban J connectivity index is 1.54. The van der Waals surface area contributed by atoms with E-state index in [1.807, 2.05) is 24.0 Å². The number of piperazine rings is 1. The summed E-state index contributed by atoms with van der Waals surface area (Å²) in [5.41, 5.74) is 1.09. The van der Waals surface area contributed by atoms with E-state index in [2.05, 4.69) is 9.80 Å². The second kappa shape index (κ2) is 7.30. The van der Waals surface area contributed by atoms with Crippen molar-refractivity contribution in [3.63, 3.8) is 0 Å². The molecule has 1 aromatic rings. The number of anilines is 1. The predicted molar refractivity (Wildman–Crippen MR) is 90.1 cm³/mol. The molecular weight excluding hydrogens is 293 g/mol. The van der Waals surface area contributed by atoms with Gasteiger partial charge in [-0.2, -0.15) is 0 Å². The second-order valence-electron chi connectivity index (χ2n) is 6.49. The zero-order chi connectivity index (χ0) is 16.2. The largest absolute Gasteiger partial charge is 0.369 e. The van der Waals surface area contributed by atoms with Gasteiger partial charge in [0.25, 0.3) is 0 Å². The number of carbonyl (C=O) groups is 1. The highest BCUT2D eigenvalue weighted by Crippen LogP contribution is 2.21. The van der Waals surface area contributed by atoms with Crippen molar-refractivity contribution in [2.45, 2.75) is 32.2 Å². The predicted octanol–water partition coefficient (Wildman–Crippen LogP) is 2.35. The van der Waals surface area contributed by atoms with E-state index in [0.29, 0.717) is 12.5 Å². The van der Waals surface area contributed by atoms with Crippen LogP contribution in [0, 0.1) is 5.82 Å². The topological polar surface area (TPSA) is 26.8 Å². The van der Waals surface area contributed by atoms with Crippen molar-refractivity contribution in [1.29, 1.82) is 0 Å². The van der Waals surface area contributed by atoms with Crippen LogP contribution in [0.5, 0.6) is 0 Å². The Morgan fingerprint density at radius 3 is 2.48 bits per heavy atom. The summed E-state index contributed by atoms with van der Waals surface area (Å²) < 4.78 is 13.0. The summed E-state index contributed by atoms with van der Waals surface area (Å²) in [4.78, 5) is 18.8. The van der Waals surface area contributed by atoms with Gasteiger partial charge in [-0.3, -0.25) is 9.69 Å². The van der Waals surface area contributed by atoms with Gasteiger partial charge in [-0.05, 0) is 37.1 Å². The maximum Gasteiger partial charge on any atom is 0.222 e. The molecule has 0 bridgehead atoms. The molecule has 0 aromatic heterocycles. The quantitative estimate of drug-likeness (QED) is 0.856. The third-order valence-electron chi connectivity index (χ3n) is 5.07. The molecule has 0 aliphatic carbocycles. The number of hydrogen-bond acceptors (Lipinski definition) is 3. The summed E-state index contributed by atoms with van der Waals surface area (Å²) in [6, 6.07) is 7.25. The molecule has 0 saturated carbocycles.